The first-order chi connectivity index (χ1) is 15.4. The first-order valence-electron chi connectivity index (χ1n) is 9.19. The Morgan fingerprint density at radius 2 is 1.72 bits per heavy atom. The van der Waals surface area contributed by atoms with E-state index in [1.54, 1.807) is 18.2 Å². The van der Waals surface area contributed by atoms with E-state index in [4.69, 9.17) is 0 Å². The number of amides is 2. The Kier molecular flexibility index (Phi) is 3.96. The minimum Gasteiger partial charge on any atom is -0.360 e. The number of carbonyl (C=O) groups excluding carboxylic acids is 2. The monoisotopic (exact) mass is 426 g/mol. The second kappa shape index (κ2) is 6.71. The van der Waals surface area contributed by atoms with Crippen molar-refractivity contribution in [3.63, 3.8) is 0 Å². The van der Waals surface area contributed by atoms with E-state index in [1.165, 1.54) is 36.5 Å². The molecule has 0 spiro atoms. The van der Waals surface area contributed by atoms with Crippen LogP contribution in [0.5, 0.6) is 0 Å². The molecule has 2 amide bonds. The molecule has 0 unspecified atom stereocenters. The number of imide groups is 1. The summed E-state index contributed by atoms with van der Waals surface area (Å²) < 4.78 is 0. The van der Waals surface area contributed by atoms with Gasteiger partial charge >= 0.3 is 0 Å². The van der Waals surface area contributed by atoms with Crippen LogP contribution in [-0.4, -0.2) is 31.7 Å². The Bertz CT molecular complexity index is 1560. The highest BCUT2D eigenvalue weighted by atomic mass is 16.6. The molecule has 0 radical (unpaired) electrons. The summed E-state index contributed by atoms with van der Waals surface area (Å²) >= 11 is 0. The zero-order chi connectivity index (χ0) is 22.6. The maximum atomic E-state index is 12.8. The molecule has 1 aliphatic rings. The van der Waals surface area contributed by atoms with Gasteiger partial charge in [0.05, 0.1) is 21.7 Å². The van der Waals surface area contributed by atoms with Gasteiger partial charge in [0.2, 0.25) is 5.95 Å². The summed E-state index contributed by atoms with van der Waals surface area (Å²) in [5.41, 5.74) is -0.455. The fourth-order valence-corrected chi connectivity index (χ4v) is 3.67. The molecule has 11 nitrogen and oxygen atoms in total. The maximum absolute atomic E-state index is 12.8. The Morgan fingerprint density at radius 3 is 2.34 bits per heavy atom. The quantitative estimate of drug-likeness (QED) is 0.288. The third-order valence-corrected chi connectivity index (χ3v) is 5.16. The van der Waals surface area contributed by atoms with E-state index in [1.807, 2.05) is 0 Å². The summed E-state index contributed by atoms with van der Waals surface area (Å²) in [6.45, 7) is 0. The van der Waals surface area contributed by atoms with Gasteiger partial charge in [-0.1, -0.05) is 12.1 Å². The molecule has 0 bridgehead atoms. The van der Waals surface area contributed by atoms with Crippen LogP contribution in [0.15, 0.2) is 53.5 Å². The number of nitro groups is 1. The highest BCUT2D eigenvalue weighted by Crippen LogP contribution is 2.33. The topological polar surface area (TPSA) is 166 Å². The number of hydrogen-bond acceptors (Lipinski definition) is 7. The molecule has 0 saturated carbocycles. The van der Waals surface area contributed by atoms with Gasteiger partial charge in [0.1, 0.15) is 11.6 Å². The molecule has 0 fully saturated rings. The van der Waals surface area contributed by atoms with Crippen molar-refractivity contribution in [2.45, 2.75) is 0 Å². The van der Waals surface area contributed by atoms with Crippen molar-refractivity contribution in [1.82, 2.24) is 15.0 Å². The first-order valence-corrected chi connectivity index (χ1v) is 9.19. The largest absolute Gasteiger partial charge is 0.360 e. The molecule has 3 heterocycles. The van der Waals surface area contributed by atoms with Crippen molar-refractivity contribution >= 4 is 34.4 Å². The Morgan fingerprint density at radius 1 is 1.03 bits per heavy atom. The molecule has 5 rings (SSSR count). The predicted octanol–water partition coefficient (Wildman–Crippen LogP) is 2.50. The van der Waals surface area contributed by atoms with Crippen molar-refractivity contribution < 1.29 is 14.5 Å². The highest BCUT2D eigenvalue weighted by molar-refractivity contribution is 6.33. The van der Waals surface area contributed by atoms with Crippen LogP contribution >= 0.6 is 0 Å². The molecule has 4 aromatic rings. The van der Waals surface area contributed by atoms with Gasteiger partial charge in [-0.2, -0.15) is 5.26 Å². The zero-order valence-electron chi connectivity index (χ0n) is 15.9. The second-order valence-electron chi connectivity index (χ2n) is 6.91. The van der Waals surface area contributed by atoms with Crippen molar-refractivity contribution in [3.8, 4) is 17.3 Å². The van der Waals surface area contributed by atoms with Gasteiger partial charge in [-0.25, -0.2) is 9.88 Å². The van der Waals surface area contributed by atoms with Gasteiger partial charge in [0.25, 0.3) is 23.1 Å². The number of nitrogens with zero attached hydrogens (tertiary/aromatic N) is 4. The number of nitriles is 1. The van der Waals surface area contributed by atoms with E-state index < -0.39 is 22.3 Å². The summed E-state index contributed by atoms with van der Waals surface area (Å²) in [4.78, 5) is 59.1. The van der Waals surface area contributed by atoms with Crippen molar-refractivity contribution in [2.75, 3.05) is 4.90 Å². The van der Waals surface area contributed by atoms with Crippen LogP contribution in [0.2, 0.25) is 0 Å². The van der Waals surface area contributed by atoms with Crippen LogP contribution < -0.4 is 10.5 Å². The van der Waals surface area contributed by atoms with Gasteiger partial charge in [-0.3, -0.25) is 29.5 Å². The average molecular weight is 426 g/mol. The smallest absolute Gasteiger partial charge is 0.270 e. The lowest BCUT2D eigenvalue weighted by Crippen LogP contribution is -2.33. The molecule has 32 heavy (non-hydrogen) atoms. The van der Waals surface area contributed by atoms with Crippen LogP contribution in [0, 0.1) is 21.4 Å². The van der Waals surface area contributed by atoms with Crippen LogP contribution in [-0.2, 0) is 0 Å². The van der Waals surface area contributed by atoms with Crippen LogP contribution in [0.25, 0.3) is 22.2 Å². The number of benzene rings is 2. The first kappa shape index (κ1) is 18.9. The number of anilines is 1. The normalized spacial score (nSPS) is 12.8. The van der Waals surface area contributed by atoms with Crippen LogP contribution in [0.4, 0.5) is 11.6 Å². The highest BCUT2D eigenvalue weighted by Gasteiger charge is 2.38. The van der Waals surface area contributed by atoms with Gasteiger partial charge in [-0.15, -0.1) is 0 Å². The number of H-pyrrole nitrogens is 2. The van der Waals surface area contributed by atoms with Crippen molar-refractivity contribution in [3.05, 3.63) is 85.8 Å². The van der Waals surface area contributed by atoms with Crippen LogP contribution in [0.3, 0.4) is 0 Å². The summed E-state index contributed by atoms with van der Waals surface area (Å²) in [7, 11) is 0. The molecular weight excluding hydrogens is 416 g/mol. The molecule has 1 aliphatic heterocycles. The number of rotatable bonds is 3. The number of nitrogens with one attached hydrogen (secondary N) is 2. The lowest BCUT2D eigenvalue weighted by atomic mass is 10.1. The molecule has 154 valence electrons. The predicted molar refractivity (Wildman–Crippen MR) is 111 cm³/mol. The van der Waals surface area contributed by atoms with E-state index in [-0.39, 0.29) is 39.6 Å². The standard InChI is InChI=1S/C21H10N6O5/c22-8-14-17(15-9-23-16-6-5-10(27(31)32)7-13(15)16)24-21(25-18(14)28)26-19(29)11-3-1-2-4-12(11)20(26)30/h1-7,9,23H,(H,24,25,28). The lowest BCUT2D eigenvalue weighted by molar-refractivity contribution is -0.384. The summed E-state index contributed by atoms with van der Waals surface area (Å²) in [6.07, 6.45) is 1.45. The number of aromatic amines is 2. The molecule has 0 atom stereocenters. The Labute approximate surface area is 177 Å². The van der Waals surface area contributed by atoms with Gasteiger partial charge in [0, 0.05) is 34.8 Å². The fraction of sp³-hybridized carbons (Fsp3) is 0. The third kappa shape index (κ3) is 2.60. The van der Waals surface area contributed by atoms with E-state index in [0.717, 1.165) is 4.90 Å². The number of aromatic nitrogens is 3. The maximum Gasteiger partial charge on any atom is 0.270 e. The second-order valence-corrected chi connectivity index (χ2v) is 6.91. The van der Waals surface area contributed by atoms with Gasteiger partial charge in [0.15, 0.2) is 0 Å². The Hall–Kier alpha value is -5.11. The molecule has 0 saturated heterocycles. The van der Waals surface area contributed by atoms with E-state index in [0.29, 0.717) is 10.9 Å². The third-order valence-electron chi connectivity index (χ3n) is 5.16. The van der Waals surface area contributed by atoms with Crippen molar-refractivity contribution in [1.29, 1.82) is 5.26 Å². The van der Waals surface area contributed by atoms with E-state index in [2.05, 4.69) is 15.0 Å². The van der Waals surface area contributed by atoms with E-state index in [9.17, 15) is 29.8 Å². The van der Waals surface area contributed by atoms with Gasteiger partial charge < -0.3 is 4.98 Å². The average Bonchev–Trinajstić information content (AvgIpc) is 3.32. The fourth-order valence-electron chi connectivity index (χ4n) is 3.67. The van der Waals surface area contributed by atoms with Crippen molar-refractivity contribution in [2.24, 2.45) is 0 Å². The lowest BCUT2D eigenvalue weighted by Gasteiger charge is -2.13. The zero-order valence-corrected chi connectivity index (χ0v) is 15.9. The SMILES string of the molecule is N#Cc1c(-c2c[nH]c3ccc([N+](=O)[O-])cc23)nc(N2C(=O)c3ccccc3C2=O)[nH]c1=O. The summed E-state index contributed by atoms with van der Waals surface area (Å²) in [6, 6.07) is 12.0. The molecule has 11 heteroatoms. The molecule has 0 aliphatic carbocycles. The number of non-ortho nitro benzene ring substituents is 1. The minimum absolute atomic E-state index is 0.116. The number of fused-ring (bicyclic) bond motifs is 2. The minimum atomic E-state index is -0.858. The summed E-state index contributed by atoms with van der Waals surface area (Å²) in [5, 5.41) is 21.1. The summed E-state index contributed by atoms with van der Waals surface area (Å²) in [5.74, 6) is -1.69. The Balaban J connectivity index is 1.73. The number of nitro benzene ring substituents is 1. The molecule has 2 aromatic carbocycles. The molecule has 2 aromatic heterocycles. The van der Waals surface area contributed by atoms with E-state index >= 15 is 0 Å². The van der Waals surface area contributed by atoms with Gasteiger partial charge in [-0.05, 0) is 18.2 Å². The molecule has 2 N–H and O–H groups in total. The number of carbonyl (C=O) groups is 2. The number of hydrogen-bond donors (Lipinski definition) is 2. The van der Waals surface area contributed by atoms with Crippen LogP contribution in [0.1, 0.15) is 26.3 Å². The molecular formula is C21H10N6O5.